The van der Waals surface area contributed by atoms with Gasteiger partial charge in [-0.1, -0.05) is 26.7 Å². The summed E-state index contributed by atoms with van der Waals surface area (Å²) in [7, 11) is 2.78. The summed E-state index contributed by atoms with van der Waals surface area (Å²) in [6, 6.07) is 5.17. The molecule has 0 saturated carbocycles. The third-order valence-corrected chi connectivity index (χ3v) is 5.58. The fraction of sp³-hybridized carbons (Fsp3) is 0.636. The summed E-state index contributed by atoms with van der Waals surface area (Å²) in [5.41, 5.74) is 0.475. The number of nitrogens with one attached hydrogen (secondary N) is 1. The van der Waals surface area contributed by atoms with E-state index in [1.807, 2.05) is 0 Å². The molecule has 1 amide bonds. The van der Waals surface area contributed by atoms with Crippen LogP contribution in [0.2, 0.25) is 0 Å². The fourth-order valence-corrected chi connectivity index (χ4v) is 3.76. The average Bonchev–Trinajstić information content (AvgIpc) is 2.80. The second-order valence-electron chi connectivity index (χ2n) is 7.23. The first-order valence-electron chi connectivity index (χ1n) is 10.5. The number of carbonyl (C=O) groups excluding carboxylic acids is 2. The molecule has 0 aliphatic carbocycles. The van der Waals surface area contributed by atoms with Crippen molar-refractivity contribution in [2.45, 2.75) is 32.7 Å². The molecule has 0 aromatic heterocycles. The van der Waals surface area contributed by atoms with Gasteiger partial charge >= 0.3 is 5.97 Å². The van der Waals surface area contributed by atoms with E-state index in [9.17, 15) is 9.59 Å². The van der Waals surface area contributed by atoms with Crippen molar-refractivity contribution in [2.24, 2.45) is 5.92 Å². The number of ether oxygens (including phenoxy) is 4. The molecule has 1 aromatic carbocycles. The van der Waals surface area contributed by atoms with Crippen LogP contribution in [0.15, 0.2) is 18.2 Å². The Hall–Kier alpha value is -2.32. The van der Waals surface area contributed by atoms with Crippen LogP contribution in [0.1, 0.15) is 37.0 Å². The van der Waals surface area contributed by atoms with Crippen molar-refractivity contribution >= 4 is 11.9 Å². The monoisotopic (exact) mass is 422 g/mol. The summed E-state index contributed by atoms with van der Waals surface area (Å²) in [4.78, 5) is 26.5. The van der Waals surface area contributed by atoms with E-state index in [1.54, 1.807) is 18.2 Å². The van der Waals surface area contributed by atoms with E-state index >= 15 is 0 Å². The molecule has 8 nitrogen and oxygen atoms in total. The highest BCUT2D eigenvalue weighted by molar-refractivity contribution is 5.94. The molecule has 1 fully saturated rings. The molecule has 1 aromatic rings. The Bertz CT molecular complexity index is 686. The number of carbonyl (C=O) groups is 2. The highest BCUT2D eigenvalue weighted by Crippen LogP contribution is 2.28. The lowest BCUT2D eigenvalue weighted by atomic mass is 9.92. The molecular weight excluding hydrogens is 388 g/mol. The second kappa shape index (κ2) is 12.4. The molecule has 1 N–H and O–H groups in total. The zero-order valence-corrected chi connectivity index (χ0v) is 18.4. The van der Waals surface area contributed by atoms with E-state index in [0.717, 1.165) is 39.1 Å². The summed E-state index contributed by atoms with van der Waals surface area (Å²) < 4.78 is 20.8. The van der Waals surface area contributed by atoms with Crippen LogP contribution in [0.25, 0.3) is 0 Å². The van der Waals surface area contributed by atoms with Crippen LogP contribution in [-0.2, 0) is 14.3 Å². The maximum absolute atomic E-state index is 12.8. The molecule has 1 aliphatic heterocycles. The molecule has 1 heterocycles. The van der Waals surface area contributed by atoms with E-state index in [1.165, 1.54) is 14.2 Å². The zero-order valence-electron chi connectivity index (χ0n) is 18.4. The van der Waals surface area contributed by atoms with Crippen LogP contribution < -0.4 is 14.8 Å². The van der Waals surface area contributed by atoms with Crippen molar-refractivity contribution in [3.63, 3.8) is 0 Å². The Kier molecular flexibility index (Phi) is 9.89. The van der Waals surface area contributed by atoms with Gasteiger partial charge in [0.2, 0.25) is 0 Å². The van der Waals surface area contributed by atoms with Gasteiger partial charge < -0.3 is 24.3 Å². The molecule has 1 saturated heterocycles. The van der Waals surface area contributed by atoms with Crippen molar-refractivity contribution in [2.75, 3.05) is 53.7 Å². The third kappa shape index (κ3) is 6.60. The van der Waals surface area contributed by atoms with Crippen molar-refractivity contribution < 1.29 is 28.5 Å². The Morgan fingerprint density at radius 2 is 1.83 bits per heavy atom. The molecular formula is C22H34N2O6. The topological polar surface area (TPSA) is 86.3 Å². The van der Waals surface area contributed by atoms with E-state index in [4.69, 9.17) is 14.2 Å². The number of rotatable bonds is 11. The zero-order chi connectivity index (χ0) is 21.9. The van der Waals surface area contributed by atoms with E-state index in [-0.39, 0.29) is 18.6 Å². The average molecular weight is 423 g/mol. The summed E-state index contributed by atoms with van der Waals surface area (Å²) in [6.07, 6.45) is 2.13. The Morgan fingerprint density at radius 1 is 1.13 bits per heavy atom. The van der Waals surface area contributed by atoms with E-state index in [0.29, 0.717) is 29.5 Å². The van der Waals surface area contributed by atoms with Gasteiger partial charge in [0, 0.05) is 31.2 Å². The molecule has 0 bridgehead atoms. The molecule has 8 heteroatoms. The van der Waals surface area contributed by atoms with Gasteiger partial charge in [-0.25, -0.2) is 4.79 Å². The van der Waals surface area contributed by atoms with Crippen molar-refractivity contribution in [1.82, 2.24) is 10.2 Å². The number of methoxy groups -OCH3 is 2. The SMILES string of the molecule is CCC(CC)C(CNC(=O)c1ccc(OCC(=O)OC)c(OC)c1)N1CCOCC1. The number of amides is 1. The normalized spacial score (nSPS) is 15.5. The van der Waals surface area contributed by atoms with Crippen LogP contribution in [0.5, 0.6) is 11.5 Å². The lowest BCUT2D eigenvalue weighted by molar-refractivity contribution is -0.142. The van der Waals surface area contributed by atoms with Crippen molar-refractivity contribution in [1.29, 1.82) is 0 Å². The number of benzene rings is 1. The quantitative estimate of drug-likeness (QED) is 0.547. The molecule has 30 heavy (non-hydrogen) atoms. The number of hydrogen-bond donors (Lipinski definition) is 1. The van der Waals surface area contributed by atoms with Crippen LogP contribution in [0.4, 0.5) is 0 Å². The number of hydrogen-bond acceptors (Lipinski definition) is 7. The third-order valence-electron chi connectivity index (χ3n) is 5.58. The van der Waals surface area contributed by atoms with Gasteiger partial charge in [-0.2, -0.15) is 0 Å². The summed E-state index contributed by atoms with van der Waals surface area (Å²) in [6.45, 7) is 7.98. The Morgan fingerprint density at radius 3 is 2.43 bits per heavy atom. The first-order valence-corrected chi connectivity index (χ1v) is 10.5. The van der Waals surface area contributed by atoms with Gasteiger partial charge in [-0.15, -0.1) is 0 Å². The molecule has 0 spiro atoms. The molecule has 1 unspecified atom stereocenters. The lowest BCUT2D eigenvalue weighted by Gasteiger charge is -2.38. The van der Waals surface area contributed by atoms with E-state index in [2.05, 4.69) is 28.8 Å². The van der Waals surface area contributed by atoms with Gasteiger partial charge in [0.15, 0.2) is 18.1 Å². The first kappa shape index (κ1) is 24.0. The van der Waals surface area contributed by atoms with E-state index < -0.39 is 5.97 Å². The lowest BCUT2D eigenvalue weighted by Crippen LogP contribution is -2.52. The summed E-state index contributed by atoms with van der Waals surface area (Å²) >= 11 is 0. The molecule has 1 aliphatic rings. The number of nitrogens with zero attached hydrogens (tertiary/aromatic N) is 1. The van der Waals surface area contributed by atoms with Crippen molar-refractivity contribution in [3.05, 3.63) is 23.8 Å². The van der Waals surface area contributed by atoms with Gasteiger partial charge in [0.25, 0.3) is 5.91 Å². The number of morpholine rings is 1. The standard InChI is InChI=1S/C22H34N2O6/c1-5-16(6-2)18(24-9-11-29-12-10-24)14-23-22(26)17-7-8-19(20(13-17)27-3)30-15-21(25)28-4/h7-8,13,16,18H,5-6,9-12,14-15H2,1-4H3,(H,23,26). The largest absolute Gasteiger partial charge is 0.493 e. The molecule has 1 atom stereocenters. The maximum atomic E-state index is 12.8. The fourth-order valence-electron chi connectivity index (χ4n) is 3.76. The number of esters is 1. The maximum Gasteiger partial charge on any atom is 0.343 e. The molecule has 0 radical (unpaired) electrons. The summed E-state index contributed by atoms with van der Waals surface area (Å²) in [5.74, 6) is 0.609. The van der Waals surface area contributed by atoms with Crippen LogP contribution in [0, 0.1) is 5.92 Å². The van der Waals surface area contributed by atoms with Crippen LogP contribution >= 0.6 is 0 Å². The Balaban J connectivity index is 2.04. The minimum Gasteiger partial charge on any atom is -0.493 e. The first-order chi connectivity index (χ1) is 14.5. The smallest absolute Gasteiger partial charge is 0.343 e. The van der Waals surface area contributed by atoms with Gasteiger partial charge in [0.05, 0.1) is 27.4 Å². The predicted octanol–water partition coefficient (Wildman–Crippen LogP) is 2.11. The summed E-state index contributed by atoms with van der Waals surface area (Å²) in [5, 5.41) is 3.08. The Labute approximate surface area is 178 Å². The molecule has 168 valence electrons. The highest BCUT2D eigenvalue weighted by atomic mass is 16.6. The predicted molar refractivity (Wildman–Crippen MR) is 113 cm³/mol. The molecule has 2 rings (SSSR count). The van der Waals surface area contributed by atoms with Gasteiger partial charge in [-0.05, 0) is 24.1 Å². The van der Waals surface area contributed by atoms with Crippen LogP contribution in [0.3, 0.4) is 0 Å². The van der Waals surface area contributed by atoms with Gasteiger partial charge in [0.1, 0.15) is 0 Å². The highest BCUT2D eigenvalue weighted by Gasteiger charge is 2.27. The van der Waals surface area contributed by atoms with Gasteiger partial charge in [-0.3, -0.25) is 9.69 Å². The van der Waals surface area contributed by atoms with Crippen molar-refractivity contribution in [3.8, 4) is 11.5 Å². The minimum atomic E-state index is -0.491. The minimum absolute atomic E-state index is 0.169. The van der Waals surface area contributed by atoms with Crippen LogP contribution in [-0.4, -0.2) is 76.5 Å². The second-order valence-corrected chi connectivity index (χ2v) is 7.23.